The molecule has 0 bridgehead atoms. The van der Waals surface area contributed by atoms with Crippen molar-refractivity contribution in [2.45, 2.75) is 32.9 Å². The number of nitrogens with one attached hydrogen (secondary N) is 1. The highest BCUT2D eigenvalue weighted by atomic mass is 16.3. The van der Waals surface area contributed by atoms with Crippen LogP contribution >= 0.6 is 0 Å². The van der Waals surface area contributed by atoms with Gasteiger partial charge in [-0.25, -0.2) is 0 Å². The molecular weight excluding hydrogens is 304 g/mol. The molecule has 2 amide bonds. The molecule has 0 saturated carbocycles. The number of rotatable bonds is 6. The highest BCUT2D eigenvalue weighted by molar-refractivity contribution is 5.94. The number of carbonyl (C=O) groups excluding carboxylic acids is 2. The minimum Gasteiger partial charge on any atom is -0.396 e. The smallest absolute Gasteiger partial charge is 0.251 e. The fourth-order valence-electron chi connectivity index (χ4n) is 2.82. The largest absolute Gasteiger partial charge is 0.396 e. The van der Waals surface area contributed by atoms with Gasteiger partial charge in [0.1, 0.15) is 0 Å². The average Bonchev–Trinajstić information content (AvgIpc) is 3.02. The second kappa shape index (κ2) is 8.11. The van der Waals surface area contributed by atoms with Gasteiger partial charge >= 0.3 is 0 Å². The van der Waals surface area contributed by atoms with Crippen LogP contribution in [-0.4, -0.2) is 41.5 Å². The summed E-state index contributed by atoms with van der Waals surface area (Å²) < 4.78 is 0. The molecule has 0 heterocycles. The number of hydrogen-bond donors (Lipinski definition) is 2. The third kappa shape index (κ3) is 4.68. The first-order valence-corrected chi connectivity index (χ1v) is 8.34. The first-order chi connectivity index (χ1) is 11.4. The maximum atomic E-state index is 12.3. The highest BCUT2D eigenvalue weighted by Gasteiger charge is 2.20. The first-order valence-electron chi connectivity index (χ1n) is 8.34. The quantitative estimate of drug-likeness (QED) is 0.784. The standard InChI is InChI=1S/C19H26N2O3/c1-13(2)19(24)21(3)11-14-4-7-16(8-5-14)18(23)20-17-9-6-15(10-17)12-22/h4-9,13,15,17,22H,10-12H2,1-3H3,(H,20,23)/t15-,17+/m0/s1. The van der Waals surface area contributed by atoms with E-state index < -0.39 is 0 Å². The molecule has 0 fully saturated rings. The number of nitrogens with zero attached hydrogens (tertiary/aromatic N) is 1. The van der Waals surface area contributed by atoms with Gasteiger partial charge in [0.15, 0.2) is 0 Å². The van der Waals surface area contributed by atoms with E-state index >= 15 is 0 Å². The van der Waals surface area contributed by atoms with Crippen molar-refractivity contribution in [1.29, 1.82) is 0 Å². The van der Waals surface area contributed by atoms with Crippen LogP contribution in [0.1, 0.15) is 36.2 Å². The van der Waals surface area contributed by atoms with Crippen molar-refractivity contribution in [2.75, 3.05) is 13.7 Å². The van der Waals surface area contributed by atoms with Crippen molar-refractivity contribution in [2.24, 2.45) is 11.8 Å². The van der Waals surface area contributed by atoms with Crippen LogP contribution in [0.25, 0.3) is 0 Å². The van der Waals surface area contributed by atoms with Gasteiger partial charge in [-0.15, -0.1) is 0 Å². The Bertz CT molecular complexity index is 608. The summed E-state index contributed by atoms with van der Waals surface area (Å²) in [7, 11) is 1.78. The maximum Gasteiger partial charge on any atom is 0.251 e. The fraction of sp³-hybridized carbons (Fsp3) is 0.474. The molecule has 0 saturated heterocycles. The third-order valence-corrected chi connectivity index (χ3v) is 4.23. The number of carbonyl (C=O) groups is 2. The maximum absolute atomic E-state index is 12.3. The molecule has 130 valence electrons. The van der Waals surface area contributed by atoms with E-state index in [-0.39, 0.29) is 36.3 Å². The van der Waals surface area contributed by atoms with Crippen LogP contribution < -0.4 is 5.32 Å². The Morgan fingerprint density at radius 1 is 1.25 bits per heavy atom. The summed E-state index contributed by atoms with van der Waals surface area (Å²) >= 11 is 0. The number of aliphatic hydroxyl groups is 1. The topological polar surface area (TPSA) is 69.6 Å². The second-order valence-electron chi connectivity index (χ2n) is 6.69. The van der Waals surface area contributed by atoms with Crippen LogP contribution in [-0.2, 0) is 11.3 Å². The molecular formula is C19H26N2O3. The lowest BCUT2D eigenvalue weighted by molar-refractivity contribution is -0.133. The van der Waals surface area contributed by atoms with Crippen molar-refractivity contribution < 1.29 is 14.7 Å². The van der Waals surface area contributed by atoms with Gasteiger partial charge in [0.05, 0.1) is 0 Å². The summed E-state index contributed by atoms with van der Waals surface area (Å²) in [4.78, 5) is 25.9. The van der Waals surface area contributed by atoms with E-state index in [1.54, 1.807) is 24.1 Å². The first kappa shape index (κ1) is 18.2. The number of benzene rings is 1. The molecule has 5 heteroatoms. The number of amides is 2. The molecule has 2 N–H and O–H groups in total. The Kier molecular flexibility index (Phi) is 6.15. The van der Waals surface area contributed by atoms with Crippen molar-refractivity contribution in [3.8, 4) is 0 Å². The molecule has 1 aromatic carbocycles. The van der Waals surface area contributed by atoms with Crippen molar-refractivity contribution in [3.05, 3.63) is 47.5 Å². The van der Waals surface area contributed by atoms with E-state index in [2.05, 4.69) is 5.32 Å². The van der Waals surface area contributed by atoms with Gasteiger partial charge in [-0.3, -0.25) is 9.59 Å². The zero-order valence-corrected chi connectivity index (χ0v) is 14.5. The molecule has 0 spiro atoms. The zero-order valence-electron chi connectivity index (χ0n) is 14.5. The van der Waals surface area contributed by atoms with E-state index in [1.807, 2.05) is 38.1 Å². The summed E-state index contributed by atoms with van der Waals surface area (Å²) in [6, 6.07) is 7.28. The Balaban J connectivity index is 1.91. The van der Waals surface area contributed by atoms with Crippen molar-refractivity contribution in [3.63, 3.8) is 0 Å². The van der Waals surface area contributed by atoms with E-state index in [0.717, 1.165) is 12.0 Å². The van der Waals surface area contributed by atoms with Crippen molar-refractivity contribution >= 4 is 11.8 Å². The van der Waals surface area contributed by atoms with Crippen LogP contribution in [0.4, 0.5) is 0 Å². The van der Waals surface area contributed by atoms with Gasteiger partial charge in [0.2, 0.25) is 5.91 Å². The number of aliphatic hydroxyl groups excluding tert-OH is 1. The molecule has 0 aliphatic heterocycles. The van der Waals surface area contributed by atoms with Crippen LogP contribution in [0.2, 0.25) is 0 Å². The predicted molar refractivity (Wildman–Crippen MR) is 93.3 cm³/mol. The highest BCUT2D eigenvalue weighted by Crippen LogP contribution is 2.17. The van der Waals surface area contributed by atoms with Crippen LogP contribution in [0, 0.1) is 11.8 Å². The average molecular weight is 330 g/mol. The molecule has 1 aromatic rings. The Hall–Kier alpha value is -2.14. The van der Waals surface area contributed by atoms with E-state index in [1.165, 1.54) is 0 Å². The fourth-order valence-corrected chi connectivity index (χ4v) is 2.82. The minimum absolute atomic E-state index is 0.0240. The molecule has 0 radical (unpaired) electrons. The molecule has 0 unspecified atom stereocenters. The van der Waals surface area contributed by atoms with Gasteiger partial charge in [-0.2, -0.15) is 0 Å². The van der Waals surface area contributed by atoms with Gasteiger partial charge < -0.3 is 15.3 Å². The second-order valence-corrected chi connectivity index (χ2v) is 6.69. The van der Waals surface area contributed by atoms with Gasteiger partial charge in [-0.1, -0.05) is 38.1 Å². The van der Waals surface area contributed by atoms with Gasteiger partial charge in [0, 0.05) is 43.6 Å². The Labute approximate surface area is 143 Å². The van der Waals surface area contributed by atoms with Crippen LogP contribution in [0.5, 0.6) is 0 Å². The molecule has 2 rings (SSSR count). The molecule has 0 aromatic heterocycles. The Morgan fingerprint density at radius 2 is 1.92 bits per heavy atom. The molecule has 2 atom stereocenters. The van der Waals surface area contributed by atoms with Gasteiger partial charge in [0.25, 0.3) is 5.91 Å². The summed E-state index contributed by atoms with van der Waals surface area (Å²) in [6.07, 6.45) is 4.61. The molecule has 1 aliphatic carbocycles. The normalized spacial score (nSPS) is 19.5. The summed E-state index contributed by atoms with van der Waals surface area (Å²) in [5, 5.41) is 12.1. The summed E-state index contributed by atoms with van der Waals surface area (Å²) in [6.45, 7) is 4.40. The van der Waals surface area contributed by atoms with E-state index in [9.17, 15) is 9.59 Å². The lowest BCUT2D eigenvalue weighted by atomic mass is 10.1. The SMILES string of the molecule is CC(C)C(=O)N(C)Cc1ccc(C(=O)N[C@@H]2C=C[C@H](CO)C2)cc1. The third-order valence-electron chi connectivity index (χ3n) is 4.23. The van der Waals surface area contributed by atoms with E-state index in [4.69, 9.17) is 5.11 Å². The monoisotopic (exact) mass is 330 g/mol. The number of hydrogen-bond acceptors (Lipinski definition) is 3. The van der Waals surface area contributed by atoms with E-state index in [0.29, 0.717) is 12.1 Å². The lowest BCUT2D eigenvalue weighted by Gasteiger charge is -2.19. The Morgan fingerprint density at radius 3 is 2.46 bits per heavy atom. The summed E-state index contributed by atoms with van der Waals surface area (Å²) in [5.74, 6) is 0.0821. The van der Waals surface area contributed by atoms with Crippen LogP contribution in [0.3, 0.4) is 0 Å². The summed E-state index contributed by atoms with van der Waals surface area (Å²) in [5.41, 5.74) is 1.58. The minimum atomic E-state index is -0.124. The van der Waals surface area contributed by atoms with Crippen molar-refractivity contribution in [1.82, 2.24) is 10.2 Å². The van der Waals surface area contributed by atoms with Gasteiger partial charge in [-0.05, 0) is 24.1 Å². The lowest BCUT2D eigenvalue weighted by Crippen LogP contribution is -2.33. The predicted octanol–water partition coefficient (Wildman–Crippen LogP) is 1.97. The molecule has 5 nitrogen and oxygen atoms in total. The molecule has 1 aliphatic rings. The van der Waals surface area contributed by atoms with Crippen LogP contribution in [0.15, 0.2) is 36.4 Å². The molecule has 24 heavy (non-hydrogen) atoms. The zero-order chi connectivity index (χ0) is 17.7.